The van der Waals surface area contributed by atoms with E-state index < -0.39 is 0 Å². The highest BCUT2D eigenvalue weighted by Gasteiger charge is 2.33. The largest absolute Gasteiger partial charge is 0.459 e. The fourth-order valence-electron chi connectivity index (χ4n) is 3.16. The molecule has 1 aromatic carbocycles. The van der Waals surface area contributed by atoms with E-state index >= 15 is 0 Å². The number of furan rings is 1. The van der Waals surface area contributed by atoms with Crippen molar-refractivity contribution in [1.29, 1.82) is 0 Å². The van der Waals surface area contributed by atoms with Crippen LogP contribution in [0.5, 0.6) is 0 Å². The summed E-state index contributed by atoms with van der Waals surface area (Å²) in [6, 6.07) is 8.55. The molecule has 1 unspecified atom stereocenters. The van der Waals surface area contributed by atoms with Crippen LogP contribution in [0.4, 0.5) is 0 Å². The summed E-state index contributed by atoms with van der Waals surface area (Å²) >= 11 is 5.54. The second-order valence-electron chi connectivity index (χ2n) is 6.03. The quantitative estimate of drug-likeness (QED) is 0.752. The van der Waals surface area contributed by atoms with Gasteiger partial charge < -0.3 is 9.73 Å². The summed E-state index contributed by atoms with van der Waals surface area (Å²) in [7, 11) is 0. The van der Waals surface area contributed by atoms with Gasteiger partial charge in [0.1, 0.15) is 11.3 Å². The van der Waals surface area contributed by atoms with Crippen LogP contribution in [0.2, 0.25) is 0 Å². The molecule has 2 aromatic rings. The summed E-state index contributed by atoms with van der Waals surface area (Å²) in [5, 5.41) is 4.84. The Morgan fingerprint density at radius 2 is 2.10 bits per heavy atom. The van der Waals surface area contributed by atoms with E-state index in [9.17, 15) is 0 Å². The number of nitrogens with one attached hydrogen (secondary N) is 1. The predicted molar refractivity (Wildman–Crippen MR) is 95.0 cm³/mol. The number of thioether (sulfide) groups is 1. The molecule has 0 radical (unpaired) electrons. The zero-order valence-electron chi connectivity index (χ0n) is 12.6. The maximum absolute atomic E-state index is 5.98. The summed E-state index contributed by atoms with van der Waals surface area (Å²) in [5.41, 5.74) is 0.960. The third kappa shape index (κ3) is 3.33. The van der Waals surface area contributed by atoms with Crippen molar-refractivity contribution in [1.82, 2.24) is 5.32 Å². The summed E-state index contributed by atoms with van der Waals surface area (Å²) < 4.78 is 7.50. The first-order valence-corrected chi connectivity index (χ1v) is 9.61. The SMILES string of the molecule is CSC1(CNC(C)c2cc3cc(Br)ccc3o2)CCCC1. The fraction of sp³-hybridized carbons (Fsp3) is 0.529. The van der Waals surface area contributed by atoms with Crippen LogP contribution in [0.3, 0.4) is 0 Å². The first kappa shape index (κ1) is 15.4. The van der Waals surface area contributed by atoms with Crippen LogP contribution < -0.4 is 5.32 Å². The van der Waals surface area contributed by atoms with Gasteiger partial charge in [-0.15, -0.1) is 0 Å². The number of hydrogen-bond donors (Lipinski definition) is 1. The van der Waals surface area contributed by atoms with Gasteiger partial charge in [-0.2, -0.15) is 11.8 Å². The van der Waals surface area contributed by atoms with Crippen LogP contribution in [0.1, 0.15) is 44.4 Å². The smallest absolute Gasteiger partial charge is 0.134 e. The molecule has 1 aliphatic carbocycles. The lowest BCUT2D eigenvalue weighted by Crippen LogP contribution is -2.36. The van der Waals surface area contributed by atoms with Gasteiger partial charge in [-0.05, 0) is 50.3 Å². The standard InChI is InChI=1S/C17H22BrNOS/c1-12(19-11-17(21-2)7-3-4-8-17)16-10-13-9-14(18)5-6-15(13)20-16/h5-6,9-10,12,19H,3-4,7-8,11H2,1-2H3. The highest BCUT2D eigenvalue weighted by molar-refractivity contribution is 9.10. The van der Waals surface area contributed by atoms with E-state index in [4.69, 9.17) is 4.42 Å². The molecule has 0 aliphatic heterocycles. The summed E-state index contributed by atoms with van der Waals surface area (Å²) in [4.78, 5) is 0. The Bertz CT molecular complexity index is 618. The minimum atomic E-state index is 0.251. The van der Waals surface area contributed by atoms with Crippen molar-refractivity contribution < 1.29 is 4.42 Å². The van der Waals surface area contributed by atoms with Crippen LogP contribution in [0, 0.1) is 0 Å². The van der Waals surface area contributed by atoms with Crippen LogP contribution in [0.15, 0.2) is 33.2 Å². The van der Waals surface area contributed by atoms with Gasteiger partial charge in [-0.3, -0.25) is 0 Å². The van der Waals surface area contributed by atoms with Crippen molar-refractivity contribution in [2.75, 3.05) is 12.8 Å². The van der Waals surface area contributed by atoms with Gasteiger partial charge >= 0.3 is 0 Å². The minimum absolute atomic E-state index is 0.251. The Hall–Kier alpha value is -0.450. The predicted octanol–water partition coefficient (Wildman–Crippen LogP) is 5.52. The third-order valence-electron chi connectivity index (χ3n) is 4.60. The Balaban J connectivity index is 1.70. The van der Waals surface area contributed by atoms with Crippen molar-refractivity contribution >= 4 is 38.7 Å². The fourth-order valence-corrected chi connectivity index (χ4v) is 4.46. The van der Waals surface area contributed by atoms with Crippen molar-refractivity contribution in [2.45, 2.75) is 43.4 Å². The Morgan fingerprint density at radius 3 is 2.81 bits per heavy atom. The van der Waals surface area contributed by atoms with Crippen molar-refractivity contribution in [3.05, 3.63) is 34.5 Å². The topological polar surface area (TPSA) is 25.2 Å². The molecular weight excluding hydrogens is 346 g/mol. The molecule has 0 saturated heterocycles. The van der Waals surface area contributed by atoms with Crippen molar-refractivity contribution in [2.24, 2.45) is 0 Å². The van der Waals surface area contributed by atoms with Gasteiger partial charge in [0.25, 0.3) is 0 Å². The van der Waals surface area contributed by atoms with Gasteiger partial charge in [0, 0.05) is 21.2 Å². The molecular formula is C17H22BrNOS. The van der Waals surface area contributed by atoms with Crippen LogP contribution in [0.25, 0.3) is 11.0 Å². The summed E-state index contributed by atoms with van der Waals surface area (Å²) in [6.07, 6.45) is 7.66. The lowest BCUT2D eigenvalue weighted by atomic mass is 10.1. The molecule has 2 nitrogen and oxygen atoms in total. The molecule has 3 rings (SSSR count). The van der Waals surface area contributed by atoms with Gasteiger partial charge in [0.15, 0.2) is 0 Å². The van der Waals surface area contributed by atoms with Gasteiger partial charge in [0.2, 0.25) is 0 Å². The first-order valence-electron chi connectivity index (χ1n) is 7.59. The maximum Gasteiger partial charge on any atom is 0.134 e. The number of fused-ring (bicyclic) bond motifs is 1. The van der Waals surface area contributed by atoms with E-state index in [1.165, 1.54) is 25.7 Å². The Kier molecular flexibility index (Phi) is 4.67. The normalized spacial score (nSPS) is 19.2. The lowest BCUT2D eigenvalue weighted by Gasteiger charge is -2.28. The molecule has 1 aliphatic rings. The second kappa shape index (κ2) is 6.35. The van der Waals surface area contributed by atoms with E-state index in [-0.39, 0.29) is 6.04 Å². The van der Waals surface area contributed by atoms with Crippen LogP contribution in [-0.4, -0.2) is 17.5 Å². The molecule has 0 spiro atoms. The first-order chi connectivity index (χ1) is 10.1. The van der Waals surface area contributed by atoms with E-state index in [0.29, 0.717) is 4.75 Å². The Morgan fingerprint density at radius 1 is 1.33 bits per heavy atom. The molecule has 21 heavy (non-hydrogen) atoms. The molecule has 1 saturated carbocycles. The zero-order chi connectivity index (χ0) is 14.9. The lowest BCUT2D eigenvalue weighted by molar-refractivity contribution is 0.424. The monoisotopic (exact) mass is 367 g/mol. The molecule has 1 aromatic heterocycles. The van der Waals surface area contributed by atoms with Crippen molar-refractivity contribution in [3.8, 4) is 0 Å². The average Bonchev–Trinajstić information content (AvgIpc) is 3.11. The summed E-state index contributed by atoms with van der Waals surface area (Å²) in [5.74, 6) is 1.03. The molecule has 1 fully saturated rings. The zero-order valence-corrected chi connectivity index (χ0v) is 15.0. The molecule has 1 atom stereocenters. The second-order valence-corrected chi connectivity index (χ2v) is 8.22. The van der Waals surface area contributed by atoms with Crippen molar-refractivity contribution in [3.63, 3.8) is 0 Å². The number of benzene rings is 1. The Labute approximate surface area is 139 Å². The van der Waals surface area contributed by atoms with E-state index in [1.807, 2.05) is 23.9 Å². The van der Waals surface area contributed by atoms with Gasteiger partial charge in [-0.1, -0.05) is 28.8 Å². The van der Waals surface area contributed by atoms with E-state index in [1.54, 1.807) is 0 Å². The summed E-state index contributed by atoms with van der Waals surface area (Å²) in [6.45, 7) is 3.26. The molecule has 1 N–H and O–H groups in total. The van der Waals surface area contributed by atoms with Gasteiger partial charge in [0.05, 0.1) is 6.04 Å². The van der Waals surface area contributed by atoms with Crippen LogP contribution in [-0.2, 0) is 0 Å². The third-order valence-corrected chi connectivity index (χ3v) is 6.51. The average molecular weight is 368 g/mol. The minimum Gasteiger partial charge on any atom is -0.459 e. The van der Waals surface area contributed by atoms with Crippen LogP contribution >= 0.6 is 27.7 Å². The van der Waals surface area contributed by atoms with Gasteiger partial charge in [-0.25, -0.2) is 0 Å². The highest BCUT2D eigenvalue weighted by atomic mass is 79.9. The molecule has 1 heterocycles. The number of halogens is 1. The van der Waals surface area contributed by atoms with E-state index in [2.05, 4.69) is 46.6 Å². The molecule has 114 valence electrons. The highest BCUT2D eigenvalue weighted by Crippen LogP contribution is 2.40. The number of hydrogen-bond acceptors (Lipinski definition) is 3. The molecule has 0 bridgehead atoms. The maximum atomic E-state index is 5.98. The van der Waals surface area contributed by atoms with E-state index in [0.717, 1.165) is 27.7 Å². The molecule has 0 amide bonds. The number of rotatable bonds is 5. The molecule has 4 heteroatoms.